The van der Waals surface area contributed by atoms with Crippen LogP contribution in [-0.2, 0) is 12.7 Å². The molecule has 2 aliphatic rings. The lowest BCUT2D eigenvalue weighted by Gasteiger charge is -2.37. The summed E-state index contributed by atoms with van der Waals surface area (Å²) in [6.07, 6.45) is -1.31. The molecule has 2 aliphatic heterocycles. The monoisotopic (exact) mass is 357 g/mol. The van der Waals surface area contributed by atoms with Crippen LogP contribution in [0.25, 0.3) is 0 Å². The van der Waals surface area contributed by atoms with Gasteiger partial charge in [-0.2, -0.15) is 13.2 Å². The van der Waals surface area contributed by atoms with Gasteiger partial charge in [0.1, 0.15) is 0 Å². The second-order valence-electron chi connectivity index (χ2n) is 7.36. The van der Waals surface area contributed by atoms with Crippen LogP contribution in [0.4, 0.5) is 18.9 Å². The molecule has 8 heteroatoms. The zero-order chi connectivity index (χ0) is 18.2. The lowest BCUT2D eigenvalue weighted by Crippen LogP contribution is -2.39. The van der Waals surface area contributed by atoms with Crippen molar-refractivity contribution in [3.63, 3.8) is 0 Å². The molecule has 0 unspecified atom stereocenters. The van der Waals surface area contributed by atoms with E-state index in [2.05, 4.69) is 16.8 Å². The highest BCUT2D eigenvalue weighted by molar-refractivity contribution is 5.44. The SMILES string of the molecule is CN1CCC2(CC1)CCN(Cc1ccc(C(F)(F)F)cc1[N+](=O)[O-])C2. The Morgan fingerprint density at radius 3 is 2.44 bits per heavy atom. The molecule has 2 fully saturated rings. The first kappa shape index (κ1) is 18.1. The van der Waals surface area contributed by atoms with Gasteiger partial charge in [0.2, 0.25) is 0 Å². The van der Waals surface area contributed by atoms with Crippen LogP contribution >= 0.6 is 0 Å². The first-order valence-electron chi connectivity index (χ1n) is 8.44. The fourth-order valence-electron chi connectivity index (χ4n) is 3.95. The Bertz CT molecular complexity index is 655. The zero-order valence-corrected chi connectivity index (χ0v) is 14.2. The molecule has 1 spiro atoms. The Hall–Kier alpha value is -1.67. The Kier molecular flexibility index (Phi) is 4.76. The van der Waals surface area contributed by atoms with Gasteiger partial charge in [0.25, 0.3) is 5.69 Å². The van der Waals surface area contributed by atoms with Gasteiger partial charge in [0.15, 0.2) is 0 Å². The summed E-state index contributed by atoms with van der Waals surface area (Å²) in [6.45, 7) is 4.12. The number of piperidine rings is 1. The van der Waals surface area contributed by atoms with Crippen molar-refractivity contribution in [2.45, 2.75) is 32.0 Å². The first-order valence-corrected chi connectivity index (χ1v) is 8.44. The summed E-state index contributed by atoms with van der Waals surface area (Å²) in [5.74, 6) is 0. The predicted octanol–water partition coefficient (Wildman–Crippen LogP) is 3.53. The topological polar surface area (TPSA) is 49.6 Å². The number of rotatable bonds is 3. The van der Waals surface area contributed by atoms with Crippen molar-refractivity contribution in [1.29, 1.82) is 0 Å². The Morgan fingerprint density at radius 2 is 1.84 bits per heavy atom. The van der Waals surface area contributed by atoms with Crippen molar-refractivity contribution < 1.29 is 18.1 Å². The third-order valence-corrected chi connectivity index (χ3v) is 5.57. The maximum absolute atomic E-state index is 12.8. The predicted molar refractivity (Wildman–Crippen MR) is 87.2 cm³/mol. The third kappa shape index (κ3) is 3.95. The van der Waals surface area contributed by atoms with Gasteiger partial charge in [0, 0.05) is 24.7 Å². The van der Waals surface area contributed by atoms with E-state index >= 15 is 0 Å². The molecular weight excluding hydrogens is 335 g/mol. The minimum Gasteiger partial charge on any atom is -0.306 e. The van der Waals surface area contributed by atoms with Gasteiger partial charge >= 0.3 is 6.18 Å². The van der Waals surface area contributed by atoms with Crippen LogP contribution < -0.4 is 0 Å². The average Bonchev–Trinajstić information content (AvgIpc) is 2.92. The third-order valence-electron chi connectivity index (χ3n) is 5.57. The van der Waals surface area contributed by atoms with Crippen LogP contribution in [-0.4, -0.2) is 47.9 Å². The van der Waals surface area contributed by atoms with Crippen LogP contribution in [0.5, 0.6) is 0 Å². The molecule has 0 bridgehead atoms. The molecule has 25 heavy (non-hydrogen) atoms. The van der Waals surface area contributed by atoms with Crippen LogP contribution in [0.3, 0.4) is 0 Å². The minimum atomic E-state index is -4.57. The number of hydrogen-bond donors (Lipinski definition) is 0. The highest BCUT2D eigenvalue weighted by Crippen LogP contribution is 2.41. The maximum atomic E-state index is 12.8. The van der Waals surface area contributed by atoms with E-state index in [0.717, 1.165) is 51.5 Å². The summed E-state index contributed by atoms with van der Waals surface area (Å²) in [4.78, 5) is 14.9. The minimum absolute atomic E-state index is 0.257. The number of halogens is 3. The smallest absolute Gasteiger partial charge is 0.306 e. The lowest BCUT2D eigenvalue weighted by atomic mass is 9.78. The molecule has 1 aromatic rings. The molecule has 3 rings (SSSR count). The van der Waals surface area contributed by atoms with Crippen LogP contribution in [0, 0.1) is 15.5 Å². The van der Waals surface area contributed by atoms with Gasteiger partial charge in [-0.3, -0.25) is 15.0 Å². The van der Waals surface area contributed by atoms with E-state index < -0.39 is 22.4 Å². The standard InChI is InChI=1S/C17H22F3N3O2/c1-21-7-4-16(5-8-21)6-9-22(12-16)11-13-2-3-14(17(18,19)20)10-15(13)23(24)25/h2-3,10H,4-9,11-12H2,1H3. The van der Waals surface area contributed by atoms with E-state index in [4.69, 9.17) is 0 Å². The number of benzene rings is 1. The molecule has 5 nitrogen and oxygen atoms in total. The lowest BCUT2D eigenvalue weighted by molar-refractivity contribution is -0.386. The molecule has 0 N–H and O–H groups in total. The van der Waals surface area contributed by atoms with Gasteiger partial charge in [-0.05, 0) is 57.4 Å². The summed E-state index contributed by atoms with van der Waals surface area (Å²) in [5, 5.41) is 11.2. The molecule has 0 radical (unpaired) electrons. The number of alkyl halides is 3. The summed E-state index contributed by atoms with van der Waals surface area (Å²) in [5.41, 5.74) is -0.814. The van der Waals surface area contributed by atoms with Crippen molar-refractivity contribution in [2.75, 3.05) is 33.2 Å². The Labute approximate surface area is 144 Å². The fourth-order valence-corrected chi connectivity index (χ4v) is 3.95. The maximum Gasteiger partial charge on any atom is 0.416 e. The van der Waals surface area contributed by atoms with Crippen LogP contribution in [0.1, 0.15) is 30.4 Å². The largest absolute Gasteiger partial charge is 0.416 e. The quantitative estimate of drug-likeness (QED) is 0.613. The van der Waals surface area contributed by atoms with E-state index in [1.807, 2.05) is 0 Å². The van der Waals surface area contributed by atoms with E-state index in [1.165, 1.54) is 6.07 Å². The molecule has 0 saturated carbocycles. The summed E-state index contributed by atoms with van der Waals surface area (Å²) >= 11 is 0. The summed E-state index contributed by atoms with van der Waals surface area (Å²) < 4.78 is 38.4. The molecular formula is C17H22F3N3O2. The molecule has 2 heterocycles. The van der Waals surface area contributed by atoms with Crippen LogP contribution in [0.15, 0.2) is 18.2 Å². The van der Waals surface area contributed by atoms with Crippen molar-refractivity contribution >= 4 is 5.69 Å². The molecule has 0 atom stereocenters. The second-order valence-corrected chi connectivity index (χ2v) is 7.36. The van der Waals surface area contributed by atoms with Crippen LogP contribution in [0.2, 0.25) is 0 Å². The number of nitrogens with zero attached hydrogens (tertiary/aromatic N) is 3. The van der Waals surface area contributed by atoms with Gasteiger partial charge in [-0.15, -0.1) is 0 Å². The van der Waals surface area contributed by atoms with Crippen molar-refractivity contribution in [2.24, 2.45) is 5.41 Å². The molecule has 0 amide bonds. The van der Waals surface area contributed by atoms with Gasteiger partial charge in [-0.1, -0.05) is 6.07 Å². The average molecular weight is 357 g/mol. The van der Waals surface area contributed by atoms with E-state index in [0.29, 0.717) is 18.2 Å². The van der Waals surface area contributed by atoms with E-state index in [1.54, 1.807) is 0 Å². The molecule has 138 valence electrons. The first-order chi connectivity index (χ1) is 11.7. The molecule has 1 aromatic carbocycles. The zero-order valence-electron chi connectivity index (χ0n) is 14.2. The number of nitro groups is 1. The molecule has 0 aromatic heterocycles. The highest BCUT2D eigenvalue weighted by atomic mass is 19.4. The van der Waals surface area contributed by atoms with Gasteiger partial charge in [0.05, 0.1) is 10.5 Å². The highest BCUT2D eigenvalue weighted by Gasteiger charge is 2.40. The normalized spacial score (nSPS) is 21.8. The van der Waals surface area contributed by atoms with Crippen molar-refractivity contribution in [3.8, 4) is 0 Å². The number of nitro benzene ring substituents is 1. The summed E-state index contributed by atoms with van der Waals surface area (Å²) in [6, 6.07) is 2.83. The van der Waals surface area contributed by atoms with Gasteiger partial charge in [-0.25, -0.2) is 0 Å². The number of hydrogen-bond acceptors (Lipinski definition) is 4. The van der Waals surface area contributed by atoms with Crippen molar-refractivity contribution in [1.82, 2.24) is 9.80 Å². The Balaban J connectivity index is 1.74. The molecule has 2 saturated heterocycles. The van der Waals surface area contributed by atoms with Gasteiger partial charge < -0.3 is 4.90 Å². The second kappa shape index (κ2) is 6.57. The van der Waals surface area contributed by atoms with E-state index in [-0.39, 0.29) is 5.41 Å². The number of likely N-dealkylation sites (tertiary alicyclic amines) is 2. The molecule has 0 aliphatic carbocycles. The summed E-state index contributed by atoms with van der Waals surface area (Å²) in [7, 11) is 2.10. The van der Waals surface area contributed by atoms with Crippen molar-refractivity contribution in [3.05, 3.63) is 39.4 Å². The Morgan fingerprint density at radius 1 is 1.20 bits per heavy atom. The van der Waals surface area contributed by atoms with E-state index in [9.17, 15) is 23.3 Å². The fraction of sp³-hybridized carbons (Fsp3) is 0.647.